The van der Waals surface area contributed by atoms with E-state index in [9.17, 15) is 4.79 Å². The maximum Gasteiger partial charge on any atom is 0.170 e. The topological polar surface area (TPSA) is 26.3 Å². The highest BCUT2D eigenvalue weighted by atomic mass is 16.5. The minimum atomic E-state index is -0.154. The molecule has 0 saturated carbocycles. The molecule has 1 atom stereocenters. The molecule has 0 bridgehead atoms. The Kier molecular flexibility index (Phi) is 3.08. The number of carbonyl (C=O) groups is 1. The molecule has 19 heavy (non-hydrogen) atoms. The van der Waals surface area contributed by atoms with E-state index in [0.29, 0.717) is 17.7 Å². The number of ketones is 1. The molecule has 1 aliphatic heterocycles. The predicted octanol–water partition coefficient (Wildman–Crippen LogP) is 3.96. The average Bonchev–Trinajstić information content (AvgIpc) is 2.47. The van der Waals surface area contributed by atoms with Crippen molar-refractivity contribution in [2.45, 2.75) is 25.9 Å². The van der Waals surface area contributed by atoms with E-state index in [4.69, 9.17) is 4.74 Å². The largest absolute Gasteiger partial charge is 0.484 e. The standard InChI is InChI=1S/C17H16O2/c1-2-12-7-3-4-8-13(12)17-11-15(18)14-9-5-6-10-16(14)19-17/h3-10,17H,2,11H2,1H3. The van der Waals surface area contributed by atoms with E-state index >= 15 is 0 Å². The summed E-state index contributed by atoms with van der Waals surface area (Å²) >= 11 is 0. The number of hydrogen-bond donors (Lipinski definition) is 0. The highest BCUT2D eigenvalue weighted by Crippen LogP contribution is 2.35. The van der Waals surface area contributed by atoms with Crippen LogP contribution in [0.25, 0.3) is 0 Å². The zero-order chi connectivity index (χ0) is 13.2. The fraction of sp³-hybridized carbons (Fsp3) is 0.235. The Morgan fingerprint density at radius 1 is 1.11 bits per heavy atom. The molecule has 1 heterocycles. The number of aryl methyl sites for hydroxylation is 1. The number of carbonyl (C=O) groups excluding carboxylic acids is 1. The van der Waals surface area contributed by atoms with Gasteiger partial charge in [-0.3, -0.25) is 4.79 Å². The highest BCUT2D eigenvalue weighted by Gasteiger charge is 2.28. The van der Waals surface area contributed by atoms with Crippen LogP contribution in [0.4, 0.5) is 0 Å². The Morgan fingerprint density at radius 2 is 1.84 bits per heavy atom. The lowest BCUT2D eigenvalue weighted by molar-refractivity contribution is 0.0849. The van der Waals surface area contributed by atoms with Crippen LogP contribution in [0.5, 0.6) is 5.75 Å². The molecule has 0 aromatic heterocycles. The third kappa shape index (κ3) is 2.14. The molecule has 2 aromatic carbocycles. The quantitative estimate of drug-likeness (QED) is 0.808. The Labute approximate surface area is 113 Å². The molecule has 0 saturated heterocycles. The zero-order valence-corrected chi connectivity index (χ0v) is 10.9. The van der Waals surface area contributed by atoms with Gasteiger partial charge in [0.15, 0.2) is 5.78 Å². The van der Waals surface area contributed by atoms with Crippen LogP contribution in [0.1, 0.15) is 40.9 Å². The van der Waals surface area contributed by atoms with Gasteiger partial charge in [-0.2, -0.15) is 0 Å². The van der Waals surface area contributed by atoms with Gasteiger partial charge in [-0.1, -0.05) is 43.3 Å². The summed E-state index contributed by atoms with van der Waals surface area (Å²) in [5.41, 5.74) is 3.08. The lowest BCUT2D eigenvalue weighted by atomic mass is 9.93. The van der Waals surface area contributed by atoms with Gasteiger partial charge in [0.25, 0.3) is 0 Å². The van der Waals surface area contributed by atoms with Crippen LogP contribution in [-0.2, 0) is 6.42 Å². The van der Waals surface area contributed by atoms with E-state index in [2.05, 4.69) is 19.1 Å². The van der Waals surface area contributed by atoms with Crippen molar-refractivity contribution in [1.29, 1.82) is 0 Å². The van der Waals surface area contributed by atoms with Crippen molar-refractivity contribution in [1.82, 2.24) is 0 Å². The summed E-state index contributed by atoms with van der Waals surface area (Å²) in [4.78, 5) is 12.2. The first-order valence-electron chi connectivity index (χ1n) is 6.66. The number of benzene rings is 2. The minimum absolute atomic E-state index is 0.154. The molecule has 0 spiro atoms. The van der Waals surface area contributed by atoms with E-state index in [0.717, 1.165) is 12.0 Å². The molecule has 0 aliphatic carbocycles. The lowest BCUT2D eigenvalue weighted by Crippen LogP contribution is -2.21. The number of fused-ring (bicyclic) bond motifs is 1. The molecule has 0 fully saturated rings. The van der Waals surface area contributed by atoms with Crippen LogP contribution >= 0.6 is 0 Å². The summed E-state index contributed by atoms with van der Waals surface area (Å²) in [7, 11) is 0. The van der Waals surface area contributed by atoms with Crippen molar-refractivity contribution in [2.75, 3.05) is 0 Å². The van der Waals surface area contributed by atoms with E-state index in [1.807, 2.05) is 36.4 Å². The molecular formula is C17H16O2. The molecule has 2 aromatic rings. The Bertz CT molecular complexity index is 616. The molecule has 2 nitrogen and oxygen atoms in total. The molecule has 0 N–H and O–H groups in total. The first-order chi connectivity index (χ1) is 9.29. The maximum absolute atomic E-state index is 12.2. The van der Waals surface area contributed by atoms with Gasteiger partial charge in [-0.25, -0.2) is 0 Å². The molecule has 0 radical (unpaired) electrons. The van der Waals surface area contributed by atoms with Crippen LogP contribution in [0.3, 0.4) is 0 Å². The molecule has 96 valence electrons. The van der Waals surface area contributed by atoms with Crippen molar-refractivity contribution in [3.05, 3.63) is 65.2 Å². The molecular weight excluding hydrogens is 236 g/mol. The first-order valence-corrected chi connectivity index (χ1v) is 6.66. The lowest BCUT2D eigenvalue weighted by Gasteiger charge is -2.26. The fourth-order valence-corrected chi connectivity index (χ4v) is 2.62. The van der Waals surface area contributed by atoms with Gasteiger partial charge in [-0.15, -0.1) is 0 Å². The number of ether oxygens (including phenoxy) is 1. The molecule has 1 unspecified atom stereocenters. The zero-order valence-electron chi connectivity index (χ0n) is 10.9. The summed E-state index contributed by atoms with van der Waals surface area (Å²) in [6.07, 6.45) is 1.22. The van der Waals surface area contributed by atoms with Gasteiger partial charge in [0.05, 0.1) is 12.0 Å². The molecule has 1 aliphatic rings. The number of hydrogen-bond acceptors (Lipinski definition) is 2. The van der Waals surface area contributed by atoms with E-state index in [-0.39, 0.29) is 11.9 Å². The average molecular weight is 252 g/mol. The highest BCUT2D eigenvalue weighted by molar-refractivity contribution is 5.99. The van der Waals surface area contributed by atoms with E-state index in [1.165, 1.54) is 5.56 Å². The van der Waals surface area contributed by atoms with Gasteiger partial charge in [-0.05, 0) is 29.7 Å². The van der Waals surface area contributed by atoms with Crippen LogP contribution in [0.15, 0.2) is 48.5 Å². The Hall–Kier alpha value is -2.09. The smallest absolute Gasteiger partial charge is 0.170 e. The summed E-state index contributed by atoms with van der Waals surface area (Å²) < 4.78 is 6.01. The minimum Gasteiger partial charge on any atom is -0.484 e. The SMILES string of the molecule is CCc1ccccc1C1CC(=O)c2ccccc2O1. The predicted molar refractivity (Wildman–Crippen MR) is 74.6 cm³/mol. The normalized spacial score (nSPS) is 17.7. The van der Waals surface area contributed by atoms with E-state index < -0.39 is 0 Å². The molecule has 2 heteroatoms. The Balaban J connectivity index is 1.99. The second-order valence-corrected chi connectivity index (χ2v) is 4.78. The number of para-hydroxylation sites is 1. The van der Waals surface area contributed by atoms with Gasteiger partial charge in [0.2, 0.25) is 0 Å². The first kappa shape index (κ1) is 12.0. The molecule has 0 amide bonds. The van der Waals surface area contributed by atoms with Gasteiger partial charge in [0.1, 0.15) is 11.9 Å². The number of rotatable bonds is 2. The third-order valence-electron chi connectivity index (χ3n) is 3.61. The fourth-order valence-electron chi connectivity index (χ4n) is 2.62. The summed E-state index contributed by atoms with van der Waals surface area (Å²) in [6.45, 7) is 2.12. The van der Waals surface area contributed by atoms with Crippen LogP contribution in [0, 0.1) is 0 Å². The van der Waals surface area contributed by atoms with Crippen molar-refractivity contribution >= 4 is 5.78 Å². The summed E-state index contributed by atoms with van der Waals surface area (Å²) in [5, 5.41) is 0. The van der Waals surface area contributed by atoms with Crippen molar-refractivity contribution in [3.8, 4) is 5.75 Å². The molecule has 3 rings (SSSR count). The van der Waals surface area contributed by atoms with Gasteiger partial charge >= 0.3 is 0 Å². The van der Waals surface area contributed by atoms with Crippen LogP contribution in [-0.4, -0.2) is 5.78 Å². The maximum atomic E-state index is 12.2. The second-order valence-electron chi connectivity index (χ2n) is 4.78. The summed E-state index contributed by atoms with van der Waals surface area (Å²) in [6, 6.07) is 15.7. The van der Waals surface area contributed by atoms with Crippen LogP contribution < -0.4 is 4.74 Å². The third-order valence-corrected chi connectivity index (χ3v) is 3.61. The van der Waals surface area contributed by atoms with Gasteiger partial charge in [0, 0.05) is 0 Å². The van der Waals surface area contributed by atoms with Gasteiger partial charge < -0.3 is 4.74 Å². The second kappa shape index (κ2) is 4.88. The number of Topliss-reactive ketones (excluding diaryl/α,β-unsaturated/α-hetero) is 1. The van der Waals surface area contributed by atoms with Crippen molar-refractivity contribution < 1.29 is 9.53 Å². The monoisotopic (exact) mass is 252 g/mol. The Morgan fingerprint density at radius 3 is 2.68 bits per heavy atom. The van der Waals surface area contributed by atoms with Crippen molar-refractivity contribution in [2.24, 2.45) is 0 Å². The van der Waals surface area contributed by atoms with Crippen molar-refractivity contribution in [3.63, 3.8) is 0 Å². The van der Waals surface area contributed by atoms with E-state index in [1.54, 1.807) is 0 Å². The van der Waals surface area contributed by atoms with Crippen LogP contribution in [0.2, 0.25) is 0 Å². The summed E-state index contributed by atoms with van der Waals surface area (Å²) in [5.74, 6) is 0.868.